The number of esters is 4. The number of hydrogen-bond donors (Lipinski definition) is 1. The first-order chi connectivity index (χ1) is 11.1. The van der Waals surface area contributed by atoms with Crippen molar-refractivity contribution in [2.75, 3.05) is 6.61 Å². The average Bonchev–Trinajstić information content (AvgIpc) is 2.42. The zero-order valence-electron chi connectivity index (χ0n) is 13.7. The Hall–Kier alpha value is -1.81. The molecule has 0 bridgehead atoms. The fraction of sp³-hybridized carbons (Fsp3) is 0.714. The molecule has 1 saturated heterocycles. The van der Waals surface area contributed by atoms with Crippen molar-refractivity contribution in [2.24, 2.45) is 0 Å². The van der Waals surface area contributed by atoms with Crippen LogP contribution in [0.4, 0.5) is 0 Å². The molecule has 0 aromatic rings. The van der Waals surface area contributed by atoms with E-state index in [1.54, 1.807) is 0 Å². The minimum Gasteiger partial charge on any atom is -0.463 e. The fourth-order valence-corrected chi connectivity index (χ4v) is 2.59. The van der Waals surface area contributed by atoms with E-state index in [1.165, 1.54) is 6.92 Å². The molecule has 9 nitrogen and oxygen atoms in total. The summed E-state index contributed by atoms with van der Waals surface area (Å²) in [6.07, 6.45) is -4.35. The molecule has 0 radical (unpaired) electrons. The van der Waals surface area contributed by atoms with Crippen molar-refractivity contribution in [3.63, 3.8) is 0 Å². The van der Waals surface area contributed by atoms with Crippen LogP contribution in [0.15, 0.2) is 0 Å². The van der Waals surface area contributed by atoms with Crippen molar-refractivity contribution in [3.05, 3.63) is 0 Å². The summed E-state index contributed by atoms with van der Waals surface area (Å²) < 4.78 is 25.8. The molecule has 0 spiro atoms. The van der Waals surface area contributed by atoms with Crippen molar-refractivity contribution in [2.45, 2.75) is 57.5 Å². The smallest absolute Gasteiger partial charge is 0.303 e. The SMILES string of the molecule is CC(=O)OC[C@@H]1O[C@H](S)[C@H](OC(C)=O)[C@H](OC(C)=O)[C@@H]1OC(C)=O. The van der Waals surface area contributed by atoms with E-state index in [0.717, 1.165) is 20.8 Å². The van der Waals surface area contributed by atoms with E-state index in [1.807, 2.05) is 0 Å². The van der Waals surface area contributed by atoms with Gasteiger partial charge in [0.25, 0.3) is 0 Å². The molecular weight excluding hydrogens is 344 g/mol. The second-order valence-electron chi connectivity index (χ2n) is 5.09. The lowest BCUT2D eigenvalue weighted by Gasteiger charge is -2.42. The molecule has 1 heterocycles. The van der Waals surface area contributed by atoms with Gasteiger partial charge in [0.15, 0.2) is 18.3 Å². The first-order valence-electron chi connectivity index (χ1n) is 7.10. The second-order valence-corrected chi connectivity index (χ2v) is 5.60. The van der Waals surface area contributed by atoms with Gasteiger partial charge in [-0.15, -0.1) is 12.6 Å². The maximum absolute atomic E-state index is 11.4. The first-order valence-corrected chi connectivity index (χ1v) is 7.62. The van der Waals surface area contributed by atoms with Gasteiger partial charge in [-0.25, -0.2) is 0 Å². The molecule has 1 rings (SSSR count). The van der Waals surface area contributed by atoms with Crippen LogP contribution in [0, 0.1) is 0 Å². The minimum absolute atomic E-state index is 0.255. The standard InChI is InChI=1S/C14H20O9S/c1-6(15)19-5-10-11(20-7(2)16)12(21-8(3)17)13(14(24)23-10)22-9(4)18/h10-14,24H,5H2,1-4H3/t10-,11+,12+,13+,14+/m0/s1. The Morgan fingerprint density at radius 2 is 1.25 bits per heavy atom. The molecule has 24 heavy (non-hydrogen) atoms. The van der Waals surface area contributed by atoms with Gasteiger partial charge in [0.05, 0.1) is 0 Å². The van der Waals surface area contributed by atoms with Crippen LogP contribution in [0.5, 0.6) is 0 Å². The molecule has 1 fully saturated rings. The Labute approximate surface area is 144 Å². The highest BCUT2D eigenvalue weighted by atomic mass is 32.1. The van der Waals surface area contributed by atoms with Crippen molar-refractivity contribution < 1.29 is 42.9 Å². The number of thiol groups is 1. The molecule has 0 aromatic carbocycles. The fourth-order valence-electron chi connectivity index (χ4n) is 2.21. The lowest BCUT2D eigenvalue weighted by atomic mass is 9.99. The molecule has 136 valence electrons. The summed E-state index contributed by atoms with van der Waals surface area (Å²) in [5, 5.41) is 0. The van der Waals surface area contributed by atoms with Crippen molar-refractivity contribution in [1.29, 1.82) is 0 Å². The average molecular weight is 364 g/mol. The highest BCUT2D eigenvalue weighted by molar-refractivity contribution is 7.80. The number of carbonyl (C=O) groups is 4. The summed E-state index contributed by atoms with van der Waals surface area (Å²) in [6.45, 7) is 4.42. The van der Waals surface area contributed by atoms with Gasteiger partial charge in [0.1, 0.15) is 18.1 Å². The van der Waals surface area contributed by atoms with E-state index in [9.17, 15) is 19.2 Å². The summed E-state index contributed by atoms with van der Waals surface area (Å²) in [5.74, 6) is -2.57. The van der Waals surface area contributed by atoms with E-state index in [-0.39, 0.29) is 6.61 Å². The van der Waals surface area contributed by atoms with E-state index in [0.29, 0.717) is 0 Å². The van der Waals surface area contributed by atoms with Crippen LogP contribution in [-0.4, -0.2) is 60.3 Å². The zero-order chi connectivity index (χ0) is 18.4. The maximum atomic E-state index is 11.4. The van der Waals surface area contributed by atoms with Crippen LogP contribution in [0.2, 0.25) is 0 Å². The predicted octanol–water partition coefficient (Wildman–Crippen LogP) is -0.000700. The number of ether oxygens (including phenoxy) is 5. The molecule has 5 atom stereocenters. The quantitative estimate of drug-likeness (QED) is 0.409. The Kier molecular flexibility index (Phi) is 7.49. The third-order valence-corrected chi connectivity index (χ3v) is 3.38. The topological polar surface area (TPSA) is 114 Å². The molecule has 0 N–H and O–H groups in total. The number of carbonyl (C=O) groups excluding carboxylic acids is 4. The summed E-state index contributed by atoms with van der Waals surface area (Å²) in [4.78, 5) is 45.1. The Morgan fingerprint density at radius 3 is 1.71 bits per heavy atom. The van der Waals surface area contributed by atoms with E-state index >= 15 is 0 Å². The van der Waals surface area contributed by atoms with Gasteiger partial charge >= 0.3 is 23.9 Å². The number of hydrogen-bond acceptors (Lipinski definition) is 10. The Bertz CT molecular complexity index is 506. The van der Waals surface area contributed by atoms with Crippen molar-refractivity contribution in [1.82, 2.24) is 0 Å². The molecule has 1 aliphatic heterocycles. The Morgan fingerprint density at radius 1 is 0.792 bits per heavy atom. The zero-order valence-corrected chi connectivity index (χ0v) is 14.6. The molecule has 0 saturated carbocycles. The summed E-state index contributed by atoms with van der Waals surface area (Å²) in [6, 6.07) is 0. The largest absolute Gasteiger partial charge is 0.463 e. The monoisotopic (exact) mass is 364 g/mol. The molecule has 1 aliphatic rings. The van der Waals surface area contributed by atoms with Crippen LogP contribution < -0.4 is 0 Å². The van der Waals surface area contributed by atoms with Crippen molar-refractivity contribution in [3.8, 4) is 0 Å². The predicted molar refractivity (Wildman–Crippen MR) is 80.9 cm³/mol. The van der Waals surface area contributed by atoms with Crippen LogP contribution >= 0.6 is 12.6 Å². The van der Waals surface area contributed by atoms with Crippen LogP contribution in [0.1, 0.15) is 27.7 Å². The molecule has 10 heteroatoms. The van der Waals surface area contributed by atoms with Crippen LogP contribution in [0.3, 0.4) is 0 Å². The third-order valence-electron chi connectivity index (χ3n) is 2.97. The second kappa shape index (κ2) is 8.88. The molecule has 0 aromatic heterocycles. The lowest BCUT2D eigenvalue weighted by molar-refractivity contribution is -0.237. The molecule has 0 aliphatic carbocycles. The first kappa shape index (κ1) is 20.2. The van der Waals surface area contributed by atoms with E-state index < -0.39 is 53.7 Å². The highest BCUT2D eigenvalue weighted by Crippen LogP contribution is 2.30. The maximum Gasteiger partial charge on any atom is 0.303 e. The molecule has 0 amide bonds. The third kappa shape index (κ3) is 6.00. The van der Waals surface area contributed by atoms with E-state index in [2.05, 4.69) is 12.6 Å². The van der Waals surface area contributed by atoms with Gasteiger partial charge in [-0.1, -0.05) is 0 Å². The van der Waals surface area contributed by atoms with Crippen molar-refractivity contribution >= 4 is 36.5 Å². The molecule has 0 unspecified atom stereocenters. The van der Waals surface area contributed by atoms with Gasteiger partial charge in [-0.2, -0.15) is 0 Å². The lowest BCUT2D eigenvalue weighted by Crippen LogP contribution is -2.61. The van der Waals surface area contributed by atoms with E-state index in [4.69, 9.17) is 23.7 Å². The number of rotatable bonds is 5. The van der Waals surface area contributed by atoms with Gasteiger partial charge < -0.3 is 23.7 Å². The summed E-state index contributed by atoms with van der Waals surface area (Å²) >= 11 is 4.18. The van der Waals surface area contributed by atoms with Crippen LogP contribution in [-0.2, 0) is 42.9 Å². The summed E-state index contributed by atoms with van der Waals surface area (Å²) in [5.41, 5.74) is -0.981. The van der Waals surface area contributed by atoms with Gasteiger partial charge in [-0.3, -0.25) is 19.2 Å². The van der Waals surface area contributed by atoms with Gasteiger partial charge in [-0.05, 0) is 0 Å². The minimum atomic E-state index is -1.16. The van der Waals surface area contributed by atoms with Gasteiger partial charge in [0.2, 0.25) is 0 Å². The molecular formula is C14H20O9S. The highest BCUT2D eigenvalue weighted by Gasteiger charge is 2.51. The van der Waals surface area contributed by atoms with Crippen LogP contribution in [0.25, 0.3) is 0 Å². The normalized spacial score (nSPS) is 29.3. The van der Waals surface area contributed by atoms with Gasteiger partial charge in [0, 0.05) is 27.7 Å². The summed E-state index contributed by atoms with van der Waals surface area (Å²) in [7, 11) is 0. The Balaban J connectivity index is 3.11.